The normalized spacial score (nSPS) is 13.0. The molecule has 4 aromatic heterocycles. The summed E-state index contributed by atoms with van der Waals surface area (Å²) in [6.07, 6.45) is 8.33. The maximum atomic E-state index is 9.88. The SMILES string of the molecule is CC(C)(C)c1ccc2c(c1)sc1cc3c(cc1n2CCCCBr)sc1cc(C(C)(C)C)ccc1n3CCCCBr.CC(C)(C)c1ccc2c(c1)sc1cc3c(cc1n2CCCC[N+](CCO)(CCO)CCO)sc1cc(C(C)(C)C)ccc1n3CCCC[N+](CCO)(CCO)CCO. The lowest BCUT2D eigenvalue weighted by molar-refractivity contribution is -0.929. The van der Waals surface area contributed by atoms with E-state index in [1.54, 1.807) is 0 Å². The van der Waals surface area contributed by atoms with Gasteiger partial charge in [0.1, 0.15) is 39.3 Å². The van der Waals surface area contributed by atoms with Crippen molar-refractivity contribution < 1.29 is 39.6 Å². The van der Waals surface area contributed by atoms with Crippen LogP contribution in [0.4, 0.5) is 0 Å². The van der Waals surface area contributed by atoms with Gasteiger partial charge in [-0.3, -0.25) is 0 Å². The number of hydrogen-bond acceptors (Lipinski definition) is 10. The monoisotopic (exact) mass is 1540 g/mol. The fourth-order valence-corrected chi connectivity index (χ4v) is 19.5. The second kappa shape index (κ2) is 34.1. The number of fused-ring (bicyclic) bond motifs is 8. The standard InChI is InChI=1S/C46H72N4O6S2.C34H42Br2N2S2/c1-45(2,3)35-11-13-37-41(31-35)57-43-33-40-44(34-39(43)47(37)15-7-9-17-49(19-25-51,20-26-52)21-27-53)58-42-32-36(46(4,5)6)12-14-38(42)48(40)16-8-10-18-50(22-28-54,23-29-55)24-30-56;1-33(2,3)23-11-13-25-29(19-23)39-31-21-28-32(22-27(31)37(25)17-9-7-15-35)40-30-20-24(34(4,5)6)12-14-26(30)38(28)18-10-8-16-36/h11-14,31-34,51-56H,7-10,15-30H2,1-6H3;11-14,19-22H,7-10,15-18H2,1-6H3/q+2;. The molecule has 536 valence electrons. The first kappa shape index (κ1) is 78.2. The summed E-state index contributed by atoms with van der Waals surface area (Å²) in [6.45, 7) is 36.0. The second-order valence-corrected chi connectivity index (χ2v) is 37.3. The van der Waals surface area contributed by atoms with Crippen molar-refractivity contribution in [2.75, 3.05) is 103 Å². The maximum absolute atomic E-state index is 9.88. The molecule has 0 saturated carbocycles. The molecular weight excluding hydrogens is 1430 g/mol. The van der Waals surface area contributed by atoms with E-state index < -0.39 is 0 Å². The second-order valence-electron chi connectivity index (χ2n) is 31.3. The highest BCUT2D eigenvalue weighted by molar-refractivity contribution is 9.09. The van der Waals surface area contributed by atoms with Gasteiger partial charge in [0.05, 0.1) is 134 Å². The first-order valence-corrected chi connectivity index (χ1v) is 41.4. The minimum atomic E-state index is 0.00874. The Hall–Kier alpha value is -3.96. The molecule has 0 fully saturated rings. The number of quaternary nitrogens is 2. The Morgan fingerprint density at radius 3 is 0.673 bits per heavy atom. The third-order valence-electron chi connectivity index (χ3n) is 20.1. The van der Waals surface area contributed by atoms with Gasteiger partial charge in [0.2, 0.25) is 0 Å². The van der Waals surface area contributed by atoms with Crippen molar-refractivity contribution in [2.45, 2.75) is 182 Å². The number of aryl methyl sites for hydroxylation is 4. The number of benzene rings is 6. The predicted molar refractivity (Wildman–Crippen MR) is 433 cm³/mol. The predicted octanol–water partition coefficient (Wildman–Crippen LogP) is 19.0. The molecule has 10 rings (SSSR count). The fraction of sp³-hybridized carbons (Fsp3) is 0.550. The molecule has 98 heavy (non-hydrogen) atoms. The van der Waals surface area contributed by atoms with E-state index in [4.69, 9.17) is 0 Å². The van der Waals surface area contributed by atoms with Crippen LogP contribution >= 0.6 is 77.2 Å². The molecule has 0 unspecified atom stereocenters. The lowest BCUT2D eigenvalue weighted by atomic mass is 9.87. The van der Waals surface area contributed by atoms with Crippen LogP contribution in [0.15, 0.2) is 97.1 Å². The van der Waals surface area contributed by atoms with Crippen molar-refractivity contribution in [1.82, 2.24) is 18.3 Å². The molecule has 0 atom stereocenters. The smallest absolute Gasteiger partial charge is 0.102 e. The molecule has 6 aromatic carbocycles. The van der Waals surface area contributed by atoms with Crippen LogP contribution in [0.1, 0.15) is 157 Å². The van der Waals surface area contributed by atoms with Gasteiger partial charge in [-0.25, -0.2) is 0 Å². The number of unbranched alkanes of at least 4 members (excludes halogenated alkanes) is 4. The summed E-state index contributed by atoms with van der Waals surface area (Å²) < 4.78 is 21.7. The molecule has 18 heteroatoms. The number of aliphatic hydroxyl groups excluding tert-OH is 6. The highest BCUT2D eigenvalue weighted by atomic mass is 79.9. The third-order valence-corrected chi connectivity index (χ3v) is 25.6. The minimum Gasteiger partial charge on any atom is -0.391 e. The van der Waals surface area contributed by atoms with E-state index in [9.17, 15) is 30.6 Å². The van der Waals surface area contributed by atoms with E-state index in [0.29, 0.717) is 48.2 Å². The van der Waals surface area contributed by atoms with Gasteiger partial charge in [-0.1, -0.05) is 139 Å². The van der Waals surface area contributed by atoms with Crippen LogP contribution in [-0.4, -0.2) is 161 Å². The average molecular weight is 1540 g/mol. The number of halogens is 2. The number of nitrogens with zero attached hydrogens (tertiary/aromatic N) is 6. The average Bonchev–Trinajstić information content (AvgIpc) is 0.743. The number of alkyl halides is 2. The molecule has 0 spiro atoms. The summed E-state index contributed by atoms with van der Waals surface area (Å²) in [7, 11) is 0. The Kier molecular flexibility index (Phi) is 27.2. The summed E-state index contributed by atoms with van der Waals surface area (Å²) in [4.78, 5) is 0. The molecule has 12 nitrogen and oxygen atoms in total. The van der Waals surface area contributed by atoms with E-state index in [1.807, 2.05) is 45.3 Å². The van der Waals surface area contributed by atoms with Crippen LogP contribution in [-0.2, 0) is 47.8 Å². The number of aliphatic hydroxyl groups is 6. The fourth-order valence-electron chi connectivity index (χ4n) is 14.1. The van der Waals surface area contributed by atoms with Crippen LogP contribution in [0.25, 0.3) is 81.7 Å². The first-order valence-electron chi connectivity index (χ1n) is 35.9. The molecule has 0 radical (unpaired) electrons. The van der Waals surface area contributed by atoms with Gasteiger partial charge in [0.25, 0.3) is 0 Å². The van der Waals surface area contributed by atoms with Crippen molar-refractivity contribution >= 4 is 159 Å². The van der Waals surface area contributed by atoms with Crippen LogP contribution in [0, 0.1) is 0 Å². The van der Waals surface area contributed by atoms with Crippen molar-refractivity contribution in [1.29, 1.82) is 0 Å². The molecule has 0 aliphatic heterocycles. The van der Waals surface area contributed by atoms with Crippen molar-refractivity contribution in [3.8, 4) is 0 Å². The lowest BCUT2D eigenvalue weighted by Crippen LogP contribution is -2.53. The number of hydrogen-bond donors (Lipinski definition) is 6. The van der Waals surface area contributed by atoms with Crippen molar-refractivity contribution in [3.05, 3.63) is 119 Å². The van der Waals surface area contributed by atoms with Crippen molar-refractivity contribution in [3.63, 3.8) is 0 Å². The number of aromatic nitrogens is 4. The summed E-state index contributed by atoms with van der Waals surface area (Å²) in [5.41, 5.74) is 16.0. The lowest BCUT2D eigenvalue weighted by Gasteiger charge is -2.37. The molecular formula is C80H114Br2N6O6S4+2. The number of rotatable bonds is 30. The zero-order chi connectivity index (χ0) is 70.8. The Morgan fingerprint density at radius 2 is 0.480 bits per heavy atom. The zero-order valence-corrected chi connectivity index (χ0v) is 67.2. The van der Waals surface area contributed by atoms with Gasteiger partial charge in [0.15, 0.2) is 0 Å². The molecule has 0 bridgehead atoms. The molecule has 10 aromatic rings. The summed E-state index contributed by atoms with van der Waals surface area (Å²) in [5.74, 6) is 0. The van der Waals surface area contributed by atoms with Gasteiger partial charge in [0, 0.05) is 36.8 Å². The van der Waals surface area contributed by atoms with Gasteiger partial charge in [-0.15, -0.1) is 45.3 Å². The highest BCUT2D eigenvalue weighted by Gasteiger charge is 2.28. The highest BCUT2D eigenvalue weighted by Crippen LogP contribution is 2.42. The summed E-state index contributed by atoms with van der Waals surface area (Å²) in [6, 6.07) is 37.9. The molecule has 0 amide bonds. The molecule has 0 aliphatic rings. The summed E-state index contributed by atoms with van der Waals surface area (Å²) in [5, 5.41) is 61.4. The third kappa shape index (κ3) is 18.7. The molecule has 0 saturated heterocycles. The Balaban J connectivity index is 0.000000245. The van der Waals surface area contributed by atoms with E-state index in [2.05, 4.69) is 230 Å². The van der Waals surface area contributed by atoms with Crippen LogP contribution in [0.5, 0.6) is 0 Å². The van der Waals surface area contributed by atoms with Gasteiger partial charge < -0.3 is 57.9 Å². The van der Waals surface area contributed by atoms with Gasteiger partial charge >= 0.3 is 0 Å². The Morgan fingerprint density at radius 1 is 0.276 bits per heavy atom. The Labute approximate surface area is 616 Å². The van der Waals surface area contributed by atoms with Crippen LogP contribution in [0.3, 0.4) is 0 Å². The van der Waals surface area contributed by atoms with E-state index in [-0.39, 0.29) is 61.3 Å². The van der Waals surface area contributed by atoms with Gasteiger partial charge in [-0.2, -0.15) is 0 Å². The van der Waals surface area contributed by atoms with Crippen molar-refractivity contribution in [2.24, 2.45) is 0 Å². The van der Waals surface area contributed by atoms with E-state index in [1.165, 1.54) is 117 Å². The van der Waals surface area contributed by atoms with E-state index >= 15 is 0 Å². The quantitative estimate of drug-likeness (QED) is 0.0115. The minimum absolute atomic E-state index is 0.00874. The maximum Gasteiger partial charge on any atom is 0.102 e. The van der Waals surface area contributed by atoms with E-state index in [0.717, 1.165) is 88.5 Å². The largest absolute Gasteiger partial charge is 0.391 e. The molecule has 6 N–H and O–H groups in total. The first-order chi connectivity index (χ1) is 46.7. The van der Waals surface area contributed by atoms with Gasteiger partial charge in [-0.05, 0) is 168 Å². The van der Waals surface area contributed by atoms with Crippen LogP contribution in [0.2, 0.25) is 0 Å². The van der Waals surface area contributed by atoms with Crippen LogP contribution < -0.4 is 0 Å². The molecule has 0 aliphatic carbocycles. The Bertz CT molecular complexity index is 4080. The molecule has 4 heterocycles. The topological polar surface area (TPSA) is 141 Å². The zero-order valence-electron chi connectivity index (χ0n) is 60.8. The summed E-state index contributed by atoms with van der Waals surface area (Å²) >= 11 is 14.9.